The predicted molar refractivity (Wildman–Crippen MR) is 136 cm³/mol. The third-order valence-corrected chi connectivity index (χ3v) is 6.92. The van der Waals surface area contributed by atoms with E-state index in [9.17, 15) is 18.0 Å². The number of sulfonamides is 1. The number of halogens is 2. The molecule has 1 atom stereocenters. The van der Waals surface area contributed by atoms with Gasteiger partial charge in [-0.1, -0.05) is 53.0 Å². The number of rotatable bonds is 11. The Hall–Kier alpha value is -2.10. The van der Waals surface area contributed by atoms with Gasteiger partial charge in [0.1, 0.15) is 12.6 Å². The van der Waals surface area contributed by atoms with E-state index in [0.29, 0.717) is 17.3 Å². The summed E-state index contributed by atoms with van der Waals surface area (Å²) in [6, 6.07) is 12.8. The molecule has 0 spiro atoms. The van der Waals surface area contributed by atoms with E-state index in [1.54, 1.807) is 19.1 Å². The summed E-state index contributed by atoms with van der Waals surface area (Å²) in [5.74, 6) is -0.780. The quantitative estimate of drug-likeness (QED) is 0.419. The lowest BCUT2D eigenvalue weighted by Gasteiger charge is -2.31. The van der Waals surface area contributed by atoms with Crippen LogP contribution in [0.4, 0.5) is 5.69 Å². The van der Waals surface area contributed by atoms with Crippen LogP contribution < -0.4 is 9.62 Å². The van der Waals surface area contributed by atoms with Gasteiger partial charge in [0.25, 0.3) is 0 Å². The van der Waals surface area contributed by atoms with Gasteiger partial charge in [0.05, 0.1) is 11.9 Å². The number of amides is 2. The normalized spacial score (nSPS) is 12.2. The molecule has 0 radical (unpaired) electrons. The maximum absolute atomic E-state index is 13.4. The van der Waals surface area contributed by atoms with E-state index >= 15 is 0 Å². The molecular weight excluding hydrogens is 530 g/mol. The number of hydrogen-bond donors (Lipinski definition) is 1. The molecule has 2 amide bonds. The second-order valence-corrected chi connectivity index (χ2v) is 11.0. The summed E-state index contributed by atoms with van der Waals surface area (Å²) in [5, 5.41) is 3.30. The zero-order valence-electron chi connectivity index (χ0n) is 18.9. The van der Waals surface area contributed by atoms with Crippen molar-refractivity contribution in [2.24, 2.45) is 0 Å². The van der Waals surface area contributed by atoms with Crippen LogP contribution in [-0.2, 0) is 26.2 Å². The zero-order valence-corrected chi connectivity index (χ0v) is 22.1. The molecule has 0 aliphatic heterocycles. The standard InChI is InChI=1S/C23H29BrClN3O4S/c1-4-5-13-26-23(30)17(2)27(15-18-7-6-8-19(24)14-18)22(29)16-28(33(3,31)32)21-11-9-20(25)10-12-21/h6-12,14,17H,4-5,13,15-16H2,1-3H3,(H,26,30). The van der Waals surface area contributed by atoms with Crippen LogP contribution in [0, 0.1) is 0 Å². The summed E-state index contributed by atoms with van der Waals surface area (Å²) in [7, 11) is -3.77. The maximum Gasteiger partial charge on any atom is 0.244 e. The Balaban J connectivity index is 2.33. The van der Waals surface area contributed by atoms with Crippen LogP contribution in [0.1, 0.15) is 32.3 Å². The second kappa shape index (κ2) is 12.4. The highest BCUT2D eigenvalue weighted by Gasteiger charge is 2.30. The molecule has 33 heavy (non-hydrogen) atoms. The third-order valence-electron chi connectivity index (χ3n) is 5.03. The molecule has 7 nitrogen and oxygen atoms in total. The van der Waals surface area contributed by atoms with Crippen LogP contribution in [0.15, 0.2) is 53.0 Å². The molecule has 1 unspecified atom stereocenters. The fraction of sp³-hybridized carbons (Fsp3) is 0.391. The van der Waals surface area contributed by atoms with Gasteiger partial charge in [-0.2, -0.15) is 0 Å². The van der Waals surface area contributed by atoms with Crippen molar-refractivity contribution < 1.29 is 18.0 Å². The van der Waals surface area contributed by atoms with Gasteiger partial charge in [0, 0.05) is 22.6 Å². The fourth-order valence-corrected chi connectivity index (χ4v) is 4.59. The molecule has 0 aromatic heterocycles. The van der Waals surface area contributed by atoms with Gasteiger partial charge in [0.2, 0.25) is 21.8 Å². The Morgan fingerprint density at radius 2 is 1.82 bits per heavy atom. The lowest BCUT2D eigenvalue weighted by Crippen LogP contribution is -2.51. The largest absolute Gasteiger partial charge is 0.354 e. The first-order valence-electron chi connectivity index (χ1n) is 10.6. The van der Waals surface area contributed by atoms with Gasteiger partial charge in [-0.05, 0) is 55.3 Å². The average Bonchev–Trinajstić information content (AvgIpc) is 2.75. The summed E-state index contributed by atoms with van der Waals surface area (Å²) in [5.41, 5.74) is 1.13. The summed E-state index contributed by atoms with van der Waals surface area (Å²) < 4.78 is 26.8. The highest BCUT2D eigenvalue weighted by Crippen LogP contribution is 2.22. The first-order valence-corrected chi connectivity index (χ1v) is 13.6. The number of nitrogens with zero attached hydrogens (tertiary/aromatic N) is 2. The SMILES string of the molecule is CCCCNC(=O)C(C)N(Cc1cccc(Br)c1)C(=O)CN(c1ccc(Cl)cc1)S(C)(=O)=O. The zero-order chi connectivity index (χ0) is 24.6. The van der Waals surface area contributed by atoms with Crippen LogP contribution in [0.25, 0.3) is 0 Å². The number of carbonyl (C=O) groups excluding carboxylic acids is 2. The van der Waals surface area contributed by atoms with Gasteiger partial charge in [-0.25, -0.2) is 8.42 Å². The van der Waals surface area contributed by atoms with E-state index in [-0.39, 0.29) is 12.5 Å². The highest BCUT2D eigenvalue weighted by molar-refractivity contribution is 9.10. The Labute approximate surface area is 209 Å². The summed E-state index contributed by atoms with van der Waals surface area (Å²) >= 11 is 9.35. The van der Waals surface area contributed by atoms with Crippen molar-refractivity contribution >= 4 is 55.1 Å². The van der Waals surface area contributed by atoms with Gasteiger partial charge in [-0.15, -0.1) is 0 Å². The van der Waals surface area contributed by atoms with Crippen molar-refractivity contribution in [3.05, 3.63) is 63.6 Å². The maximum atomic E-state index is 13.4. The van der Waals surface area contributed by atoms with Crippen LogP contribution in [0.3, 0.4) is 0 Å². The number of benzene rings is 2. The van der Waals surface area contributed by atoms with E-state index in [1.807, 2.05) is 31.2 Å². The molecule has 0 bridgehead atoms. The molecule has 0 heterocycles. The number of unbranched alkanes of at least 4 members (excludes halogenated alkanes) is 1. The summed E-state index contributed by atoms with van der Waals surface area (Å²) in [6.45, 7) is 3.89. The van der Waals surface area contributed by atoms with E-state index < -0.39 is 28.5 Å². The lowest BCUT2D eigenvalue weighted by atomic mass is 10.1. The third kappa shape index (κ3) is 8.32. The van der Waals surface area contributed by atoms with Crippen molar-refractivity contribution in [1.82, 2.24) is 10.2 Å². The van der Waals surface area contributed by atoms with Crippen LogP contribution in [-0.4, -0.2) is 50.5 Å². The van der Waals surface area contributed by atoms with Crippen LogP contribution >= 0.6 is 27.5 Å². The second-order valence-electron chi connectivity index (χ2n) is 7.72. The molecule has 2 aromatic rings. The van der Waals surface area contributed by atoms with E-state index in [1.165, 1.54) is 17.0 Å². The van der Waals surface area contributed by atoms with Crippen LogP contribution in [0.2, 0.25) is 5.02 Å². The smallest absolute Gasteiger partial charge is 0.244 e. The Kier molecular flexibility index (Phi) is 10.2. The first kappa shape index (κ1) is 27.1. The Morgan fingerprint density at radius 3 is 2.39 bits per heavy atom. The minimum atomic E-state index is -3.77. The summed E-state index contributed by atoms with van der Waals surface area (Å²) in [6.07, 6.45) is 2.80. The summed E-state index contributed by atoms with van der Waals surface area (Å²) in [4.78, 5) is 27.6. The van der Waals surface area contributed by atoms with Gasteiger partial charge >= 0.3 is 0 Å². The molecule has 0 saturated carbocycles. The van der Waals surface area contributed by atoms with Crippen molar-refractivity contribution in [1.29, 1.82) is 0 Å². The molecule has 0 aliphatic rings. The minimum absolute atomic E-state index is 0.152. The van der Waals surface area contributed by atoms with Crippen molar-refractivity contribution in [3.63, 3.8) is 0 Å². The molecule has 2 rings (SSSR count). The topological polar surface area (TPSA) is 86.8 Å². The van der Waals surface area contributed by atoms with Crippen LogP contribution in [0.5, 0.6) is 0 Å². The molecule has 0 aliphatic carbocycles. The van der Waals surface area contributed by atoms with Gasteiger partial charge < -0.3 is 10.2 Å². The van der Waals surface area contributed by atoms with Crippen molar-refractivity contribution in [2.75, 3.05) is 23.7 Å². The van der Waals surface area contributed by atoms with E-state index in [4.69, 9.17) is 11.6 Å². The number of anilines is 1. The number of hydrogen-bond acceptors (Lipinski definition) is 4. The number of carbonyl (C=O) groups is 2. The molecular formula is C23H29BrClN3O4S. The fourth-order valence-electron chi connectivity index (χ4n) is 3.17. The predicted octanol–water partition coefficient (Wildman–Crippen LogP) is 4.20. The molecule has 2 aromatic carbocycles. The van der Waals surface area contributed by atoms with Gasteiger partial charge in [0.15, 0.2) is 0 Å². The average molecular weight is 559 g/mol. The molecule has 1 N–H and O–H groups in total. The minimum Gasteiger partial charge on any atom is -0.354 e. The van der Waals surface area contributed by atoms with Crippen molar-refractivity contribution in [3.8, 4) is 0 Å². The molecule has 180 valence electrons. The molecule has 10 heteroatoms. The first-order chi connectivity index (χ1) is 15.5. The highest BCUT2D eigenvalue weighted by atomic mass is 79.9. The van der Waals surface area contributed by atoms with E-state index in [0.717, 1.165) is 33.4 Å². The number of nitrogens with one attached hydrogen (secondary N) is 1. The molecule has 0 saturated heterocycles. The monoisotopic (exact) mass is 557 g/mol. The van der Waals surface area contributed by atoms with E-state index in [2.05, 4.69) is 21.2 Å². The Morgan fingerprint density at radius 1 is 1.15 bits per heavy atom. The van der Waals surface area contributed by atoms with Gasteiger partial charge in [-0.3, -0.25) is 13.9 Å². The Bertz CT molecular complexity index is 1060. The lowest BCUT2D eigenvalue weighted by molar-refractivity contribution is -0.139. The van der Waals surface area contributed by atoms with Crippen molar-refractivity contribution in [2.45, 2.75) is 39.3 Å². The molecule has 0 fully saturated rings.